The summed E-state index contributed by atoms with van der Waals surface area (Å²) in [6, 6.07) is 1.48. The smallest absolute Gasteiger partial charge is 0.230 e. The second kappa shape index (κ2) is 4.04. The molecule has 0 saturated carbocycles. The van der Waals surface area contributed by atoms with Gasteiger partial charge >= 0.3 is 0 Å². The highest BCUT2D eigenvalue weighted by Crippen LogP contribution is 2.22. The Hall–Kier alpha value is -1.71. The maximum absolute atomic E-state index is 11.8. The topological polar surface area (TPSA) is 46.6 Å². The fourth-order valence-electron chi connectivity index (χ4n) is 1.73. The number of nitrogens with zero attached hydrogens (tertiary/aromatic N) is 1. The van der Waals surface area contributed by atoms with Crippen LogP contribution in [0.15, 0.2) is 26.0 Å². The maximum Gasteiger partial charge on any atom is 0.230 e. The molecule has 86 valence electrons. The zero-order valence-electron chi connectivity index (χ0n) is 9.74. The Morgan fingerprint density at radius 2 is 1.94 bits per heavy atom. The predicted molar refractivity (Wildman–Crippen MR) is 63.0 cm³/mol. The molecule has 0 aromatic carbocycles. The van der Waals surface area contributed by atoms with E-state index in [0.717, 1.165) is 18.7 Å². The molecule has 0 amide bonds. The van der Waals surface area contributed by atoms with Crippen LogP contribution in [0.25, 0.3) is 11.2 Å². The van der Waals surface area contributed by atoms with Gasteiger partial charge in [-0.15, -0.1) is 0 Å². The first kappa shape index (κ1) is 10.8. The number of aryl methyl sites for hydroxylation is 1. The van der Waals surface area contributed by atoms with Crippen molar-refractivity contribution < 1.29 is 8.83 Å². The Bertz CT molecular complexity index is 549. The van der Waals surface area contributed by atoms with Crippen molar-refractivity contribution in [1.82, 2.24) is 0 Å². The van der Waals surface area contributed by atoms with Crippen molar-refractivity contribution in [2.24, 2.45) is 0 Å². The molecule has 0 N–H and O–H groups in total. The van der Waals surface area contributed by atoms with E-state index in [0.29, 0.717) is 17.1 Å². The molecule has 0 atom stereocenters. The molecule has 0 unspecified atom stereocenters. The van der Waals surface area contributed by atoms with Crippen LogP contribution in [0.3, 0.4) is 0 Å². The summed E-state index contributed by atoms with van der Waals surface area (Å²) < 4.78 is 10.8. The monoisotopic (exact) mass is 221 g/mol. The van der Waals surface area contributed by atoms with Crippen LogP contribution in [0.5, 0.6) is 0 Å². The van der Waals surface area contributed by atoms with Crippen LogP contribution in [0.4, 0.5) is 5.88 Å². The fraction of sp³-hybridized carbons (Fsp3) is 0.417. The molecule has 0 aliphatic carbocycles. The van der Waals surface area contributed by atoms with Crippen LogP contribution in [0, 0.1) is 6.92 Å². The number of anilines is 1. The molecule has 4 nitrogen and oxygen atoms in total. The average Bonchev–Trinajstić information content (AvgIpc) is 2.63. The number of rotatable bonds is 3. The summed E-state index contributed by atoms with van der Waals surface area (Å²) in [5.41, 5.74) is 1.57. The molecule has 0 saturated heterocycles. The molecule has 16 heavy (non-hydrogen) atoms. The van der Waals surface area contributed by atoms with Crippen LogP contribution >= 0.6 is 0 Å². The standard InChI is InChI=1S/C12H15NO3/c1-4-13(5-2)10-6-9(14)12-11(16-10)8(3)7-15-12/h6-7H,4-5H2,1-3H3. The Balaban J connectivity index is 2.64. The van der Waals surface area contributed by atoms with Gasteiger partial charge in [-0.3, -0.25) is 4.79 Å². The van der Waals surface area contributed by atoms with Gasteiger partial charge < -0.3 is 13.7 Å². The van der Waals surface area contributed by atoms with Gasteiger partial charge in [-0.2, -0.15) is 0 Å². The molecule has 0 fully saturated rings. The highest BCUT2D eigenvalue weighted by molar-refractivity contribution is 5.75. The first-order chi connectivity index (χ1) is 7.67. The van der Waals surface area contributed by atoms with Gasteiger partial charge in [0.05, 0.1) is 12.3 Å². The van der Waals surface area contributed by atoms with Crippen LogP contribution in [-0.2, 0) is 0 Å². The van der Waals surface area contributed by atoms with Gasteiger partial charge in [-0.25, -0.2) is 0 Å². The fourth-order valence-corrected chi connectivity index (χ4v) is 1.73. The molecule has 0 radical (unpaired) electrons. The van der Waals surface area contributed by atoms with Crippen molar-refractivity contribution >= 4 is 17.1 Å². The number of furan rings is 1. The summed E-state index contributed by atoms with van der Waals surface area (Å²) in [5.74, 6) is 0.604. The van der Waals surface area contributed by atoms with Crippen LogP contribution < -0.4 is 10.3 Å². The zero-order valence-corrected chi connectivity index (χ0v) is 9.74. The highest BCUT2D eigenvalue weighted by Gasteiger charge is 2.13. The van der Waals surface area contributed by atoms with Crippen molar-refractivity contribution in [2.45, 2.75) is 20.8 Å². The van der Waals surface area contributed by atoms with E-state index >= 15 is 0 Å². The molecule has 2 aromatic heterocycles. The van der Waals surface area contributed by atoms with Crippen molar-refractivity contribution in [1.29, 1.82) is 0 Å². The predicted octanol–water partition coefficient (Wildman–Crippen LogP) is 2.54. The van der Waals surface area contributed by atoms with Gasteiger partial charge in [-0.1, -0.05) is 0 Å². The summed E-state index contributed by atoms with van der Waals surface area (Å²) >= 11 is 0. The second-order valence-electron chi connectivity index (χ2n) is 3.70. The normalized spacial score (nSPS) is 10.9. The molecule has 2 aromatic rings. The number of hydrogen-bond acceptors (Lipinski definition) is 4. The summed E-state index contributed by atoms with van der Waals surface area (Å²) in [7, 11) is 0. The molecule has 4 heteroatoms. The minimum absolute atomic E-state index is 0.128. The van der Waals surface area contributed by atoms with E-state index in [1.54, 1.807) is 6.26 Å². The quantitative estimate of drug-likeness (QED) is 0.799. The summed E-state index contributed by atoms with van der Waals surface area (Å²) in [4.78, 5) is 13.8. The molecule has 0 spiro atoms. The first-order valence-corrected chi connectivity index (χ1v) is 5.44. The third-order valence-corrected chi connectivity index (χ3v) is 2.68. The highest BCUT2D eigenvalue weighted by atomic mass is 16.4. The first-order valence-electron chi connectivity index (χ1n) is 5.44. The van der Waals surface area contributed by atoms with E-state index in [1.165, 1.54) is 6.07 Å². The Morgan fingerprint density at radius 1 is 1.25 bits per heavy atom. The number of fused-ring (bicyclic) bond motifs is 1. The van der Waals surface area contributed by atoms with Gasteiger partial charge in [0, 0.05) is 18.7 Å². The lowest BCUT2D eigenvalue weighted by molar-refractivity contribution is 0.563. The van der Waals surface area contributed by atoms with E-state index in [-0.39, 0.29) is 5.43 Å². The summed E-state index contributed by atoms with van der Waals surface area (Å²) in [5, 5.41) is 0. The maximum atomic E-state index is 11.8. The van der Waals surface area contributed by atoms with Crippen molar-refractivity contribution in [3.63, 3.8) is 0 Å². The third-order valence-electron chi connectivity index (χ3n) is 2.68. The SMILES string of the molecule is CCN(CC)c1cc(=O)c2occ(C)c2o1. The Morgan fingerprint density at radius 3 is 2.56 bits per heavy atom. The molecule has 0 aliphatic rings. The van der Waals surface area contributed by atoms with Gasteiger partial charge in [0.2, 0.25) is 11.0 Å². The lowest BCUT2D eigenvalue weighted by Crippen LogP contribution is -2.22. The molecule has 0 bridgehead atoms. The molecular weight excluding hydrogens is 206 g/mol. The van der Waals surface area contributed by atoms with E-state index in [4.69, 9.17) is 8.83 Å². The summed E-state index contributed by atoms with van der Waals surface area (Å²) in [6.07, 6.45) is 1.54. The lowest BCUT2D eigenvalue weighted by Gasteiger charge is -2.18. The largest absolute Gasteiger partial charge is 0.456 e. The van der Waals surface area contributed by atoms with Crippen molar-refractivity contribution in [3.8, 4) is 0 Å². The summed E-state index contributed by atoms with van der Waals surface area (Å²) in [6.45, 7) is 7.52. The van der Waals surface area contributed by atoms with Gasteiger partial charge in [0.1, 0.15) is 0 Å². The molecule has 0 aliphatic heterocycles. The molecule has 2 rings (SSSR count). The van der Waals surface area contributed by atoms with Crippen molar-refractivity contribution in [2.75, 3.05) is 18.0 Å². The Kier molecular flexibility index (Phi) is 2.73. The zero-order chi connectivity index (χ0) is 11.7. The van der Waals surface area contributed by atoms with Gasteiger partial charge in [-0.05, 0) is 20.8 Å². The van der Waals surface area contributed by atoms with E-state index in [2.05, 4.69) is 0 Å². The van der Waals surface area contributed by atoms with E-state index in [1.807, 2.05) is 25.7 Å². The van der Waals surface area contributed by atoms with Gasteiger partial charge in [0.15, 0.2) is 11.5 Å². The van der Waals surface area contributed by atoms with Crippen molar-refractivity contribution in [3.05, 3.63) is 28.1 Å². The second-order valence-corrected chi connectivity index (χ2v) is 3.70. The molecular formula is C12H15NO3. The van der Waals surface area contributed by atoms with E-state index in [9.17, 15) is 4.79 Å². The third kappa shape index (κ3) is 1.60. The molecule has 2 heterocycles. The Labute approximate surface area is 93.5 Å². The minimum Gasteiger partial charge on any atom is -0.456 e. The lowest BCUT2D eigenvalue weighted by atomic mass is 10.3. The number of hydrogen-bond donors (Lipinski definition) is 0. The van der Waals surface area contributed by atoms with Crippen LogP contribution in [-0.4, -0.2) is 13.1 Å². The average molecular weight is 221 g/mol. The van der Waals surface area contributed by atoms with Gasteiger partial charge in [0.25, 0.3) is 0 Å². The minimum atomic E-state index is -0.128. The van der Waals surface area contributed by atoms with Crippen LogP contribution in [0.1, 0.15) is 19.4 Å². The van der Waals surface area contributed by atoms with Crippen LogP contribution in [0.2, 0.25) is 0 Å². The van der Waals surface area contributed by atoms with E-state index < -0.39 is 0 Å².